The summed E-state index contributed by atoms with van der Waals surface area (Å²) in [5.74, 6) is -0.821. The van der Waals surface area contributed by atoms with Crippen LogP contribution in [-0.2, 0) is 4.79 Å². The number of amides is 3. The molecule has 86 valence electrons. The highest BCUT2D eigenvalue weighted by Crippen LogP contribution is 2.40. The number of hydrogen-bond donors (Lipinski definition) is 0. The van der Waals surface area contributed by atoms with Crippen LogP contribution >= 0.6 is 0 Å². The normalized spacial score (nSPS) is 28.7. The summed E-state index contributed by atoms with van der Waals surface area (Å²) in [5, 5.41) is 0. The number of alkyl halides is 3. The summed E-state index contributed by atoms with van der Waals surface area (Å²) in [7, 11) is 2.20. The lowest BCUT2D eigenvalue weighted by atomic mass is 9.92. The summed E-state index contributed by atoms with van der Waals surface area (Å²) in [6.45, 7) is 0.843. The van der Waals surface area contributed by atoms with Gasteiger partial charge >= 0.3 is 12.2 Å². The van der Waals surface area contributed by atoms with Crippen LogP contribution < -0.4 is 0 Å². The van der Waals surface area contributed by atoms with Gasteiger partial charge in [0.2, 0.25) is 5.91 Å². The van der Waals surface area contributed by atoms with Crippen LogP contribution in [0.25, 0.3) is 0 Å². The van der Waals surface area contributed by atoms with Crippen molar-refractivity contribution in [1.29, 1.82) is 0 Å². The molecule has 0 aromatic heterocycles. The van der Waals surface area contributed by atoms with E-state index in [0.717, 1.165) is 21.0 Å². The van der Waals surface area contributed by atoms with E-state index in [9.17, 15) is 22.8 Å². The van der Waals surface area contributed by atoms with Gasteiger partial charge in [0.05, 0.1) is 6.42 Å². The zero-order valence-corrected chi connectivity index (χ0v) is 8.55. The summed E-state index contributed by atoms with van der Waals surface area (Å²) in [5.41, 5.74) is -2.41. The second-order valence-electron chi connectivity index (χ2n) is 3.74. The van der Waals surface area contributed by atoms with Crippen LogP contribution in [0, 0.1) is 0 Å². The lowest BCUT2D eigenvalue weighted by molar-refractivity contribution is -0.222. The SMILES string of the molecule is CN1C(=O)CC(C)(C(F)(F)F)N(C)C1=O. The molecule has 0 aromatic carbocycles. The highest BCUT2D eigenvalue weighted by atomic mass is 19.4. The van der Waals surface area contributed by atoms with E-state index in [2.05, 4.69) is 0 Å². The minimum atomic E-state index is -4.62. The van der Waals surface area contributed by atoms with Crippen LogP contribution in [-0.4, -0.2) is 47.5 Å². The molecule has 3 amide bonds. The predicted molar refractivity (Wildman–Crippen MR) is 45.0 cm³/mol. The second-order valence-corrected chi connectivity index (χ2v) is 3.74. The van der Waals surface area contributed by atoms with Gasteiger partial charge in [0.15, 0.2) is 0 Å². The number of halogens is 3. The first-order chi connectivity index (χ1) is 6.61. The maximum absolute atomic E-state index is 12.7. The van der Waals surface area contributed by atoms with Gasteiger partial charge in [-0.15, -0.1) is 0 Å². The van der Waals surface area contributed by atoms with Gasteiger partial charge in [-0.3, -0.25) is 9.69 Å². The number of nitrogens with zero attached hydrogens (tertiary/aromatic N) is 2. The highest BCUT2D eigenvalue weighted by Gasteiger charge is 2.59. The standard InChI is InChI=1S/C8H11F3N2O2/c1-7(8(9,10)11)4-5(14)12(2)6(15)13(7)3/h4H2,1-3H3. The lowest BCUT2D eigenvalue weighted by Gasteiger charge is -2.45. The first kappa shape index (κ1) is 11.8. The van der Waals surface area contributed by atoms with E-state index < -0.39 is 30.1 Å². The van der Waals surface area contributed by atoms with Crippen LogP contribution in [0.4, 0.5) is 18.0 Å². The summed E-state index contributed by atoms with van der Waals surface area (Å²) in [4.78, 5) is 23.8. The number of hydrogen-bond acceptors (Lipinski definition) is 2. The maximum Gasteiger partial charge on any atom is 0.411 e. The van der Waals surface area contributed by atoms with Gasteiger partial charge < -0.3 is 4.90 Å². The van der Waals surface area contributed by atoms with Gasteiger partial charge in [-0.25, -0.2) is 4.79 Å². The van der Waals surface area contributed by atoms with Crippen molar-refractivity contribution >= 4 is 11.9 Å². The van der Waals surface area contributed by atoms with Crippen molar-refractivity contribution < 1.29 is 22.8 Å². The Bertz CT molecular complexity index is 315. The second kappa shape index (κ2) is 3.11. The molecular weight excluding hydrogens is 213 g/mol. The first-order valence-electron chi connectivity index (χ1n) is 4.22. The third kappa shape index (κ3) is 1.55. The number of carbonyl (C=O) groups excluding carboxylic acids is 2. The molecule has 1 heterocycles. The van der Waals surface area contributed by atoms with Gasteiger partial charge in [-0.1, -0.05) is 0 Å². The third-order valence-corrected chi connectivity index (χ3v) is 2.79. The smallest absolute Gasteiger partial charge is 0.312 e. The number of urea groups is 1. The van der Waals surface area contributed by atoms with E-state index in [1.807, 2.05) is 0 Å². The fourth-order valence-electron chi connectivity index (χ4n) is 1.36. The van der Waals surface area contributed by atoms with E-state index in [1.165, 1.54) is 0 Å². The molecule has 1 saturated heterocycles. The van der Waals surface area contributed by atoms with Crippen LogP contribution in [0.15, 0.2) is 0 Å². The predicted octanol–water partition coefficient (Wildman–Crippen LogP) is 1.22. The van der Waals surface area contributed by atoms with Gasteiger partial charge in [0.1, 0.15) is 5.54 Å². The Kier molecular flexibility index (Phi) is 2.45. The average molecular weight is 224 g/mol. The van der Waals surface area contributed by atoms with E-state index in [1.54, 1.807) is 0 Å². The molecule has 1 fully saturated rings. The molecule has 0 aromatic rings. The molecule has 0 bridgehead atoms. The average Bonchev–Trinajstić information content (AvgIpc) is 2.10. The maximum atomic E-state index is 12.7. The molecule has 0 aliphatic carbocycles. The molecule has 4 nitrogen and oxygen atoms in total. The Labute approximate surface area is 84.6 Å². The van der Waals surface area contributed by atoms with Crippen LogP contribution in [0.5, 0.6) is 0 Å². The Morgan fingerprint density at radius 3 is 2.13 bits per heavy atom. The fraction of sp³-hybridized carbons (Fsp3) is 0.750. The van der Waals surface area contributed by atoms with Crippen LogP contribution in [0.2, 0.25) is 0 Å². The molecule has 1 rings (SSSR count). The van der Waals surface area contributed by atoms with Crippen molar-refractivity contribution in [1.82, 2.24) is 9.80 Å². The van der Waals surface area contributed by atoms with Gasteiger partial charge in [-0.2, -0.15) is 13.2 Å². The Hall–Kier alpha value is -1.27. The van der Waals surface area contributed by atoms with Crippen LogP contribution in [0.1, 0.15) is 13.3 Å². The highest BCUT2D eigenvalue weighted by molar-refractivity contribution is 5.97. The minimum absolute atomic E-state index is 0.550. The van der Waals surface area contributed by atoms with Crippen molar-refractivity contribution in [3.8, 4) is 0 Å². The number of imide groups is 1. The molecule has 0 radical (unpaired) electrons. The molecule has 0 saturated carbocycles. The van der Waals surface area contributed by atoms with Crippen LogP contribution in [0.3, 0.4) is 0 Å². The zero-order valence-electron chi connectivity index (χ0n) is 8.55. The Morgan fingerprint density at radius 1 is 1.27 bits per heavy atom. The molecule has 15 heavy (non-hydrogen) atoms. The summed E-state index contributed by atoms with van der Waals surface area (Å²) < 4.78 is 38.1. The van der Waals surface area contributed by atoms with Gasteiger partial charge in [-0.05, 0) is 6.92 Å². The van der Waals surface area contributed by atoms with Crippen molar-refractivity contribution in [2.75, 3.05) is 14.1 Å². The van der Waals surface area contributed by atoms with Gasteiger partial charge in [0, 0.05) is 14.1 Å². The van der Waals surface area contributed by atoms with E-state index in [-0.39, 0.29) is 0 Å². The molecular formula is C8H11F3N2O2. The molecule has 0 N–H and O–H groups in total. The largest absolute Gasteiger partial charge is 0.411 e. The quantitative estimate of drug-likeness (QED) is 0.620. The summed E-state index contributed by atoms with van der Waals surface area (Å²) in [6.07, 6.45) is -5.36. The molecule has 1 aliphatic heterocycles. The van der Waals surface area contributed by atoms with Crippen molar-refractivity contribution in [2.24, 2.45) is 0 Å². The zero-order chi connectivity index (χ0) is 12.0. The molecule has 1 unspecified atom stereocenters. The Morgan fingerprint density at radius 2 is 1.73 bits per heavy atom. The van der Waals surface area contributed by atoms with E-state index in [4.69, 9.17) is 0 Å². The number of carbonyl (C=O) groups is 2. The molecule has 7 heteroatoms. The van der Waals surface area contributed by atoms with Gasteiger partial charge in [0.25, 0.3) is 0 Å². The van der Waals surface area contributed by atoms with E-state index in [0.29, 0.717) is 9.80 Å². The number of rotatable bonds is 0. The molecule has 1 aliphatic rings. The molecule has 0 spiro atoms. The minimum Gasteiger partial charge on any atom is -0.312 e. The topological polar surface area (TPSA) is 40.6 Å². The fourth-order valence-corrected chi connectivity index (χ4v) is 1.36. The third-order valence-electron chi connectivity index (χ3n) is 2.79. The monoisotopic (exact) mass is 224 g/mol. The first-order valence-corrected chi connectivity index (χ1v) is 4.22. The van der Waals surface area contributed by atoms with Crippen molar-refractivity contribution in [3.63, 3.8) is 0 Å². The lowest BCUT2D eigenvalue weighted by Crippen LogP contribution is -2.66. The Balaban J connectivity index is 3.13. The summed E-state index contributed by atoms with van der Waals surface area (Å²) >= 11 is 0. The van der Waals surface area contributed by atoms with Crippen molar-refractivity contribution in [2.45, 2.75) is 25.1 Å². The summed E-state index contributed by atoms with van der Waals surface area (Å²) in [6, 6.07) is -0.939. The molecule has 1 atom stereocenters. The van der Waals surface area contributed by atoms with E-state index >= 15 is 0 Å². The van der Waals surface area contributed by atoms with Crippen molar-refractivity contribution in [3.05, 3.63) is 0 Å².